The normalized spacial score (nSPS) is 28.9. The summed E-state index contributed by atoms with van der Waals surface area (Å²) in [4.78, 5) is 51.3. The molecule has 35 heavy (non-hydrogen) atoms. The molecular weight excluding hydrogens is 442 g/mol. The average Bonchev–Trinajstić information content (AvgIpc) is 3.54. The minimum atomic E-state index is -0.917. The smallest absolute Gasteiger partial charge is 0.272 e. The zero-order chi connectivity index (χ0) is 24.0. The summed E-state index contributed by atoms with van der Waals surface area (Å²) >= 11 is 0. The van der Waals surface area contributed by atoms with Crippen LogP contribution >= 0.6 is 0 Å². The first-order valence-corrected chi connectivity index (χ1v) is 12.8. The molecule has 3 fully saturated rings. The van der Waals surface area contributed by atoms with Gasteiger partial charge in [0, 0.05) is 49.7 Å². The second kappa shape index (κ2) is 8.75. The molecule has 1 aromatic heterocycles. The molecule has 0 unspecified atom stereocenters. The van der Waals surface area contributed by atoms with Crippen LogP contribution in [0.4, 0.5) is 5.69 Å². The minimum absolute atomic E-state index is 0.0186. The van der Waals surface area contributed by atoms with Gasteiger partial charge in [-0.1, -0.05) is 24.3 Å². The van der Waals surface area contributed by atoms with Crippen molar-refractivity contribution < 1.29 is 14.4 Å². The number of benzene rings is 1. The summed E-state index contributed by atoms with van der Waals surface area (Å²) < 4.78 is 0. The summed E-state index contributed by atoms with van der Waals surface area (Å²) in [5, 5.41) is 3.12. The first-order valence-electron chi connectivity index (χ1n) is 12.8. The number of hydrogen-bond donors (Lipinski definition) is 1. The zero-order valence-corrected chi connectivity index (χ0v) is 19.9. The second-order valence-corrected chi connectivity index (χ2v) is 10.0. The third-order valence-electron chi connectivity index (χ3n) is 8.22. The van der Waals surface area contributed by atoms with Crippen LogP contribution in [0.15, 0.2) is 48.7 Å². The molecule has 0 aliphatic carbocycles. The number of fused-ring (bicyclic) bond motifs is 4. The van der Waals surface area contributed by atoms with E-state index in [-0.39, 0.29) is 23.8 Å². The van der Waals surface area contributed by atoms with Gasteiger partial charge in [-0.25, -0.2) is 0 Å². The van der Waals surface area contributed by atoms with Gasteiger partial charge < -0.3 is 15.1 Å². The standard InChI is InChI=1S/C27H31N5O3/c33-24-21-18-19-8-5-17-32(19)27(21)20-9-1-2-11-23(20)31(26(27)35)16-7-15-30(14-6-13-29-24)25(34)22-10-3-4-12-28-22/h1-4,9-12,19,21H,5-8,13-18H2,(H,29,33)/t19-,21+,27+/m0/s1. The fraction of sp³-hybridized carbons (Fsp3) is 0.481. The largest absolute Gasteiger partial charge is 0.356 e. The van der Waals surface area contributed by atoms with E-state index in [1.165, 1.54) is 0 Å². The van der Waals surface area contributed by atoms with Crippen molar-refractivity contribution >= 4 is 23.4 Å². The van der Waals surface area contributed by atoms with Crippen LogP contribution in [0.3, 0.4) is 0 Å². The Morgan fingerprint density at radius 3 is 2.66 bits per heavy atom. The van der Waals surface area contributed by atoms with E-state index in [0.29, 0.717) is 51.1 Å². The summed E-state index contributed by atoms with van der Waals surface area (Å²) in [5.41, 5.74) is 1.37. The number of rotatable bonds is 1. The van der Waals surface area contributed by atoms with Crippen LogP contribution < -0.4 is 10.2 Å². The third-order valence-corrected chi connectivity index (χ3v) is 8.22. The van der Waals surface area contributed by atoms with E-state index in [9.17, 15) is 14.4 Å². The summed E-state index contributed by atoms with van der Waals surface area (Å²) in [6.07, 6.45) is 5.74. The van der Waals surface area contributed by atoms with Crippen molar-refractivity contribution in [2.75, 3.05) is 37.6 Å². The molecule has 8 heteroatoms. The number of nitrogens with zero attached hydrogens (tertiary/aromatic N) is 4. The van der Waals surface area contributed by atoms with Gasteiger partial charge in [-0.05, 0) is 56.8 Å². The van der Waals surface area contributed by atoms with Gasteiger partial charge in [0.15, 0.2) is 0 Å². The van der Waals surface area contributed by atoms with Crippen LogP contribution in [-0.4, -0.2) is 71.3 Å². The van der Waals surface area contributed by atoms with E-state index in [2.05, 4.69) is 15.2 Å². The molecule has 3 amide bonds. The zero-order valence-electron chi connectivity index (χ0n) is 19.9. The molecule has 2 aromatic rings. The molecule has 0 radical (unpaired) electrons. The summed E-state index contributed by atoms with van der Waals surface area (Å²) in [7, 11) is 0. The number of anilines is 1. The molecule has 1 spiro atoms. The van der Waals surface area contributed by atoms with Crippen LogP contribution in [0, 0.1) is 5.92 Å². The number of aromatic nitrogens is 1. The van der Waals surface area contributed by atoms with Gasteiger partial charge in [0.05, 0.1) is 5.92 Å². The van der Waals surface area contributed by atoms with E-state index in [4.69, 9.17) is 0 Å². The predicted octanol–water partition coefficient (Wildman–Crippen LogP) is 2.16. The molecule has 1 N–H and O–H groups in total. The van der Waals surface area contributed by atoms with Gasteiger partial charge in [0.25, 0.3) is 11.8 Å². The van der Waals surface area contributed by atoms with E-state index < -0.39 is 11.5 Å². The van der Waals surface area contributed by atoms with E-state index in [1.54, 1.807) is 23.2 Å². The number of hydrogen-bond acceptors (Lipinski definition) is 5. The lowest BCUT2D eigenvalue weighted by molar-refractivity contribution is -0.138. The molecule has 4 aliphatic rings. The lowest BCUT2D eigenvalue weighted by Crippen LogP contribution is -2.56. The summed E-state index contributed by atoms with van der Waals surface area (Å²) in [6.45, 7) is 2.88. The van der Waals surface area contributed by atoms with Crippen molar-refractivity contribution in [3.05, 3.63) is 59.9 Å². The number of carbonyl (C=O) groups is 3. The van der Waals surface area contributed by atoms with Crippen LogP contribution in [0.2, 0.25) is 0 Å². The number of pyridine rings is 1. The fourth-order valence-electron chi connectivity index (χ4n) is 6.77. The maximum absolute atomic E-state index is 14.3. The average molecular weight is 474 g/mol. The van der Waals surface area contributed by atoms with Crippen LogP contribution in [0.25, 0.3) is 0 Å². The molecule has 182 valence electrons. The second-order valence-electron chi connectivity index (χ2n) is 10.0. The monoisotopic (exact) mass is 473 g/mol. The van der Waals surface area contributed by atoms with Gasteiger partial charge >= 0.3 is 0 Å². The molecule has 5 heterocycles. The van der Waals surface area contributed by atoms with Crippen molar-refractivity contribution in [3.8, 4) is 0 Å². The number of nitrogens with one attached hydrogen (secondary N) is 1. The van der Waals surface area contributed by atoms with Crippen molar-refractivity contribution in [3.63, 3.8) is 0 Å². The molecule has 6 rings (SSSR count). The highest BCUT2D eigenvalue weighted by Gasteiger charge is 2.66. The van der Waals surface area contributed by atoms with Gasteiger partial charge in [0.2, 0.25) is 5.91 Å². The first-order chi connectivity index (χ1) is 17.1. The molecule has 8 nitrogen and oxygen atoms in total. The highest BCUT2D eigenvalue weighted by atomic mass is 16.2. The topological polar surface area (TPSA) is 85.9 Å². The SMILES string of the molecule is O=C1NCCCN(C(=O)c2ccccn2)CCCN2C(=O)[C@@]3(c4ccccc42)[C@@H]1C[C@@H]1CCCN13. The van der Waals surface area contributed by atoms with Crippen molar-refractivity contribution in [1.82, 2.24) is 20.1 Å². The Kier molecular flexibility index (Phi) is 5.56. The lowest BCUT2D eigenvalue weighted by Gasteiger charge is -2.37. The van der Waals surface area contributed by atoms with Crippen molar-refractivity contribution in [1.29, 1.82) is 0 Å². The molecule has 2 bridgehead atoms. The van der Waals surface area contributed by atoms with Crippen LogP contribution in [0.5, 0.6) is 0 Å². The predicted molar refractivity (Wildman–Crippen MR) is 131 cm³/mol. The third kappa shape index (κ3) is 3.37. The van der Waals surface area contributed by atoms with Crippen LogP contribution in [0.1, 0.15) is 48.2 Å². The number of carbonyl (C=O) groups excluding carboxylic acids is 3. The number of amides is 3. The fourth-order valence-corrected chi connectivity index (χ4v) is 6.77. The van der Waals surface area contributed by atoms with Gasteiger partial charge in [-0.2, -0.15) is 0 Å². The Hall–Kier alpha value is -3.26. The quantitative estimate of drug-likeness (QED) is 0.686. The Bertz CT molecular complexity index is 1150. The molecule has 0 saturated carbocycles. The molecule has 3 atom stereocenters. The highest BCUT2D eigenvalue weighted by molar-refractivity contribution is 6.11. The Balaban J connectivity index is 1.35. The maximum atomic E-state index is 14.3. The lowest BCUT2D eigenvalue weighted by atomic mass is 9.78. The minimum Gasteiger partial charge on any atom is -0.356 e. The first kappa shape index (κ1) is 22.2. The van der Waals surface area contributed by atoms with E-state index >= 15 is 0 Å². The number of para-hydroxylation sites is 1. The highest BCUT2D eigenvalue weighted by Crippen LogP contribution is 2.57. The van der Waals surface area contributed by atoms with Crippen LogP contribution in [-0.2, 0) is 15.1 Å². The Morgan fingerprint density at radius 2 is 1.80 bits per heavy atom. The van der Waals surface area contributed by atoms with E-state index in [0.717, 1.165) is 30.6 Å². The molecule has 4 aliphatic heterocycles. The molecular formula is C27H31N5O3. The van der Waals surface area contributed by atoms with Gasteiger partial charge in [0.1, 0.15) is 11.2 Å². The molecule has 3 saturated heterocycles. The Labute approximate surface area is 205 Å². The summed E-state index contributed by atoms with van der Waals surface area (Å²) in [6, 6.07) is 13.6. The van der Waals surface area contributed by atoms with Crippen molar-refractivity contribution in [2.45, 2.75) is 43.7 Å². The van der Waals surface area contributed by atoms with Crippen molar-refractivity contribution in [2.24, 2.45) is 5.92 Å². The van der Waals surface area contributed by atoms with E-state index in [1.807, 2.05) is 35.2 Å². The molecule has 1 aromatic carbocycles. The Morgan fingerprint density at radius 1 is 0.971 bits per heavy atom. The van der Waals surface area contributed by atoms with Gasteiger partial charge in [-0.3, -0.25) is 24.3 Å². The maximum Gasteiger partial charge on any atom is 0.272 e. The van der Waals surface area contributed by atoms with Gasteiger partial charge in [-0.15, -0.1) is 0 Å². The summed E-state index contributed by atoms with van der Waals surface area (Å²) in [5.74, 6) is -0.553.